The van der Waals surface area contributed by atoms with E-state index in [1.54, 1.807) is 18.2 Å². The Bertz CT molecular complexity index is 789. The number of urea groups is 1. The molecule has 2 N–H and O–H groups in total. The van der Waals surface area contributed by atoms with E-state index in [0.29, 0.717) is 18.6 Å². The van der Waals surface area contributed by atoms with Gasteiger partial charge in [0, 0.05) is 28.6 Å². The SMILES string of the molecule is O=C(NCc1ccccc1OC(F)F)NC1CCOc2ccc(Br)cc21. The summed E-state index contributed by atoms with van der Waals surface area (Å²) in [7, 11) is 0. The van der Waals surface area contributed by atoms with Gasteiger partial charge in [-0.1, -0.05) is 34.1 Å². The van der Waals surface area contributed by atoms with Crippen molar-refractivity contribution in [3.8, 4) is 11.5 Å². The minimum Gasteiger partial charge on any atom is -0.493 e. The first-order valence-electron chi connectivity index (χ1n) is 8.02. The van der Waals surface area contributed by atoms with Crippen LogP contribution in [-0.4, -0.2) is 19.2 Å². The van der Waals surface area contributed by atoms with Crippen molar-refractivity contribution in [1.29, 1.82) is 0 Å². The zero-order valence-corrected chi connectivity index (χ0v) is 15.3. The molecule has 0 saturated heterocycles. The number of alkyl halides is 2. The van der Waals surface area contributed by atoms with Gasteiger partial charge < -0.3 is 20.1 Å². The summed E-state index contributed by atoms with van der Waals surface area (Å²) >= 11 is 3.41. The highest BCUT2D eigenvalue weighted by atomic mass is 79.9. The van der Waals surface area contributed by atoms with Crippen molar-refractivity contribution in [3.63, 3.8) is 0 Å². The topological polar surface area (TPSA) is 59.6 Å². The molecular formula is C18H17BrF2N2O3. The van der Waals surface area contributed by atoms with E-state index in [1.807, 2.05) is 18.2 Å². The third-order valence-corrected chi connectivity index (χ3v) is 4.44. The number of ether oxygens (including phenoxy) is 2. The second-order valence-electron chi connectivity index (χ2n) is 5.69. The van der Waals surface area contributed by atoms with Gasteiger partial charge in [-0.2, -0.15) is 8.78 Å². The summed E-state index contributed by atoms with van der Waals surface area (Å²) in [5.74, 6) is 0.781. The number of rotatable bonds is 5. The minimum absolute atomic E-state index is 0.0446. The predicted molar refractivity (Wildman–Crippen MR) is 95.4 cm³/mol. The summed E-state index contributed by atoms with van der Waals surface area (Å²) in [6, 6.07) is 11.4. The predicted octanol–water partition coefficient (Wildman–Crippen LogP) is 4.37. The Morgan fingerprint density at radius 3 is 2.92 bits per heavy atom. The number of carbonyl (C=O) groups excluding carboxylic acids is 1. The largest absolute Gasteiger partial charge is 0.493 e. The molecule has 0 fully saturated rings. The van der Waals surface area contributed by atoms with Gasteiger partial charge in [-0.15, -0.1) is 0 Å². The highest BCUT2D eigenvalue weighted by molar-refractivity contribution is 9.10. The lowest BCUT2D eigenvalue weighted by Gasteiger charge is -2.27. The lowest BCUT2D eigenvalue weighted by atomic mass is 10.0. The van der Waals surface area contributed by atoms with Gasteiger partial charge in [0.15, 0.2) is 0 Å². The number of benzene rings is 2. The van der Waals surface area contributed by atoms with Crippen LogP contribution in [0, 0.1) is 0 Å². The standard InChI is InChI=1S/C18H17BrF2N2O3/c19-12-5-6-16-13(9-12)14(7-8-25-16)23-18(24)22-10-11-3-1-2-4-15(11)26-17(20)21/h1-6,9,14,17H,7-8,10H2,(H2,22,23,24). The van der Waals surface area contributed by atoms with Crippen LogP contribution >= 0.6 is 15.9 Å². The summed E-state index contributed by atoms with van der Waals surface area (Å²) in [6.07, 6.45) is 0.641. The van der Waals surface area contributed by atoms with Crippen molar-refractivity contribution < 1.29 is 23.0 Å². The molecule has 138 valence electrons. The highest BCUT2D eigenvalue weighted by Gasteiger charge is 2.23. The molecule has 0 bridgehead atoms. The van der Waals surface area contributed by atoms with E-state index in [1.165, 1.54) is 6.07 Å². The Hall–Kier alpha value is -2.35. The van der Waals surface area contributed by atoms with Gasteiger partial charge in [-0.25, -0.2) is 4.79 Å². The van der Waals surface area contributed by atoms with Crippen LogP contribution in [0.5, 0.6) is 11.5 Å². The van der Waals surface area contributed by atoms with Crippen molar-refractivity contribution in [2.45, 2.75) is 25.6 Å². The number of amides is 2. The molecule has 0 saturated carbocycles. The molecule has 2 aromatic carbocycles. The second kappa shape index (κ2) is 8.35. The molecule has 1 aliphatic heterocycles. The Morgan fingerprint density at radius 2 is 2.12 bits per heavy atom. The number of fused-ring (bicyclic) bond motifs is 1. The number of para-hydroxylation sites is 1. The first-order chi connectivity index (χ1) is 12.5. The van der Waals surface area contributed by atoms with E-state index in [2.05, 4.69) is 31.3 Å². The summed E-state index contributed by atoms with van der Waals surface area (Å²) < 4.78 is 35.8. The maximum Gasteiger partial charge on any atom is 0.387 e. The van der Waals surface area contributed by atoms with Gasteiger partial charge >= 0.3 is 12.6 Å². The third-order valence-electron chi connectivity index (χ3n) is 3.94. The molecule has 26 heavy (non-hydrogen) atoms. The van der Waals surface area contributed by atoms with E-state index >= 15 is 0 Å². The van der Waals surface area contributed by atoms with Crippen molar-refractivity contribution in [3.05, 3.63) is 58.1 Å². The third kappa shape index (κ3) is 4.63. The molecule has 2 aromatic rings. The van der Waals surface area contributed by atoms with Crippen molar-refractivity contribution in [2.24, 2.45) is 0 Å². The smallest absolute Gasteiger partial charge is 0.387 e. The lowest BCUT2D eigenvalue weighted by Crippen LogP contribution is -2.39. The van der Waals surface area contributed by atoms with Crippen LogP contribution in [0.3, 0.4) is 0 Å². The number of hydrogen-bond donors (Lipinski definition) is 2. The van der Waals surface area contributed by atoms with Crippen molar-refractivity contribution in [1.82, 2.24) is 10.6 Å². The molecule has 1 aliphatic rings. The second-order valence-corrected chi connectivity index (χ2v) is 6.60. The molecule has 1 heterocycles. The molecular weight excluding hydrogens is 410 g/mol. The zero-order chi connectivity index (χ0) is 18.5. The van der Waals surface area contributed by atoms with E-state index in [9.17, 15) is 13.6 Å². The van der Waals surface area contributed by atoms with Gasteiger partial charge in [0.05, 0.1) is 12.6 Å². The molecule has 0 aromatic heterocycles. The molecule has 0 radical (unpaired) electrons. The van der Waals surface area contributed by atoms with Crippen LogP contribution in [-0.2, 0) is 6.54 Å². The van der Waals surface area contributed by atoms with Gasteiger partial charge in [0.1, 0.15) is 11.5 Å². The number of carbonyl (C=O) groups is 1. The van der Waals surface area contributed by atoms with Gasteiger partial charge in [-0.3, -0.25) is 0 Å². The number of hydrogen-bond acceptors (Lipinski definition) is 3. The zero-order valence-electron chi connectivity index (χ0n) is 13.7. The van der Waals surface area contributed by atoms with Crippen molar-refractivity contribution >= 4 is 22.0 Å². The summed E-state index contributed by atoms with van der Waals surface area (Å²) in [6.45, 7) is -2.34. The average molecular weight is 427 g/mol. The maximum absolute atomic E-state index is 12.4. The summed E-state index contributed by atoms with van der Waals surface area (Å²) in [5.41, 5.74) is 1.36. The fourth-order valence-electron chi connectivity index (χ4n) is 2.76. The molecule has 2 amide bonds. The number of halogens is 3. The minimum atomic E-state index is -2.91. The summed E-state index contributed by atoms with van der Waals surface area (Å²) in [5, 5.41) is 5.57. The highest BCUT2D eigenvalue weighted by Crippen LogP contribution is 2.34. The number of nitrogens with one attached hydrogen (secondary N) is 2. The van der Waals surface area contributed by atoms with E-state index < -0.39 is 12.6 Å². The quantitative estimate of drug-likeness (QED) is 0.745. The first kappa shape index (κ1) is 18.4. The average Bonchev–Trinajstić information content (AvgIpc) is 2.61. The summed E-state index contributed by atoms with van der Waals surface area (Å²) in [4.78, 5) is 12.2. The van der Waals surface area contributed by atoms with Crippen LogP contribution in [0.4, 0.5) is 13.6 Å². The molecule has 0 aliphatic carbocycles. The normalized spacial score (nSPS) is 15.8. The Morgan fingerprint density at radius 1 is 1.31 bits per heavy atom. The van der Waals surface area contributed by atoms with Gasteiger partial charge in [-0.05, 0) is 24.3 Å². The van der Waals surface area contributed by atoms with Crippen molar-refractivity contribution in [2.75, 3.05) is 6.61 Å². The van der Waals surface area contributed by atoms with Crippen LogP contribution in [0.15, 0.2) is 46.9 Å². The fourth-order valence-corrected chi connectivity index (χ4v) is 3.14. The molecule has 1 unspecified atom stereocenters. The van der Waals surface area contributed by atoms with Gasteiger partial charge in [0.25, 0.3) is 0 Å². The molecule has 0 spiro atoms. The Labute approximate surface area is 157 Å². The first-order valence-corrected chi connectivity index (χ1v) is 8.81. The van der Waals surface area contributed by atoms with E-state index in [0.717, 1.165) is 15.8 Å². The molecule has 3 rings (SSSR count). The maximum atomic E-state index is 12.4. The molecule has 1 atom stereocenters. The van der Waals surface area contributed by atoms with Crippen LogP contribution in [0.1, 0.15) is 23.6 Å². The fraction of sp³-hybridized carbons (Fsp3) is 0.278. The molecule has 5 nitrogen and oxygen atoms in total. The Balaban J connectivity index is 1.62. The molecule has 8 heteroatoms. The van der Waals surface area contributed by atoms with E-state index in [-0.39, 0.29) is 18.3 Å². The Kier molecular flexibility index (Phi) is 5.92. The lowest BCUT2D eigenvalue weighted by molar-refractivity contribution is -0.0504. The monoisotopic (exact) mass is 426 g/mol. The van der Waals surface area contributed by atoms with Crippen LogP contribution in [0.25, 0.3) is 0 Å². The van der Waals surface area contributed by atoms with Gasteiger partial charge in [0.2, 0.25) is 0 Å². The van der Waals surface area contributed by atoms with Crippen LogP contribution < -0.4 is 20.1 Å². The van der Waals surface area contributed by atoms with Crippen LogP contribution in [0.2, 0.25) is 0 Å². The van der Waals surface area contributed by atoms with E-state index in [4.69, 9.17) is 4.74 Å².